The number of hydrogen-bond acceptors (Lipinski definition) is 3. The molecule has 5 nitrogen and oxygen atoms in total. The summed E-state index contributed by atoms with van der Waals surface area (Å²) in [6.45, 7) is 8.51. The van der Waals surface area contributed by atoms with E-state index < -0.39 is 0 Å². The van der Waals surface area contributed by atoms with Crippen molar-refractivity contribution in [2.24, 2.45) is 10.9 Å². The van der Waals surface area contributed by atoms with Crippen molar-refractivity contribution < 1.29 is 9.47 Å². The van der Waals surface area contributed by atoms with Crippen LogP contribution < -0.4 is 10.1 Å². The van der Waals surface area contributed by atoms with E-state index in [9.17, 15) is 0 Å². The van der Waals surface area contributed by atoms with Crippen LogP contribution in [0.4, 0.5) is 0 Å². The molecule has 0 saturated carbocycles. The number of ether oxygens (including phenoxy) is 2. The van der Waals surface area contributed by atoms with Crippen LogP contribution in [0.5, 0.6) is 5.75 Å². The number of benzene rings is 1. The first kappa shape index (κ1) is 17.6. The molecule has 1 aliphatic rings. The number of guanidine groups is 1. The predicted molar refractivity (Wildman–Crippen MR) is 94.1 cm³/mol. The summed E-state index contributed by atoms with van der Waals surface area (Å²) in [6, 6.07) is 9.91. The maximum absolute atomic E-state index is 5.89. The summed E-state index contributed by atoms with van der Waals surface area (Å²) in [7, 11) is 1.83. The fourth-order valence-corrected chi connectivity index (χ4v) is 2.79. The average Bonchev–Trinajstić information content (AvgIpc) is 3.03. The Morgan fingerprint density at radius 1 is 1.39 bits per heavy atom. The fourth-order valence-electron chi connectivity index (χ4n) is 2.79. The smallest absolute Gasteiger partial charge is 0.193 e. The van der Waals surface area contributed by atoms with Crippen molar-refractivity contribution in [2.75, 3.05) is 39.9 Å². The molecule has 128 valence electrons. The van der Waals surface area contributed by atoms with Gasteiger partial charge in [0, 0.05) is 32.7 Å². The van der Waals surface area contributed by atoms with Crippen LogP contribution in [0.15, 0.2) is 35.3 Å². The van der Waals surface area contributed by atoms with Gasteiger partial charge in [0.25, 0.3) is 0 Å². The Balaban J connectivity index is 1.75. The monoisotopic (exact) mass is 319 g/mol. The third-order valence-electron chi connectivity index (χ3n) is 3.98. The number of likely N-dealkylation sites (tertiary alicyclic amines) is 1. The molecule has 0 radical (unpaired) electrons. The van der Waals surface area contributed by atoms with Gasteiger partial charge >= 0.3 is 0 Å². The molecule has 1 fully saturated rings. The van der Waals surface area contributed by atoms with Gasteiger partial charge in [0.2, 0.25) is 0 Å². The second kappa shape index (κ2) is 9.40. The third-order valence-corrected chi connectivity index (χ3v) is 3.98. The molecule has 1 saturated heterocycles. The van der Waals surface area contributed by atoms with Gasteiger partial charge in [-0.3, -0.25) is 4.99 Å². The zero-order valence-electron chi connectivity index (χ0n) is 14.5. The van der Waals surface area contributed by atoms with Crippen LogP contribution in [-0.2, 0) is 4.74 Å². The van der Waals surface area contributed by atoms with Crippen molar-refractivity contribution in [3.8, 4) is 5.75 Å². The molecule has 1 heterocycles. The van der Waals surface area contributed by atoms with E-state index in [1.165, 1.54) is 0 Å². The second-order valence-corrected chi connectivity index (χ2v) is 5.93. The van der Waals surface area contributed by atoms with Gasteiger partial charge in [0.15, 0.2) is 5.96 Å². The third kappa shape index (κ3) is 5.75. The Kier molecular flexibility index (Phi) is 7.20. The number of para-hydroxylation sites is 1. The van der Waals surface area contributed by atoms with Gasteiger partial charge in [-0.05, 0) is 32.4 Å². The lowest BCUT2D eigenvalue weighted by Gasteiger charge is -2.23. The van der Waals surface area contributed by atoms with E-state index in [4.69, 9.17) is 9.47 Å². The molecular formula is C18H29N3O2. The Morgan fingerprint density at radius 2 is 2.17 bits per heavy atom. The van der Waals surface area contributed by atoms with Crippen LogP contribution in [0, 0.1) is 5.92 Å². The lowest BCUT2D eigenvalue weighted by molar-refractivity contribution is 0.114. The van der Waals surface area contributed by atoms with Crippen LogP contribution in [-0.4, -0.2) is 56.9 Å². The summed E-state index contributed by atoms with van der Waals surface area (Å²) < 4.78 is 11.4. The maximum Gasteiger partial charge on any atom is 0.193 e. The van der Waals surface area contributed by atoms with E-state index in [2.05, 4.69) is 22.1 Å². The van der Waals surface area contributed by atoms with Crippen LogP contribution >= 0.6 is 0 Å². The summed E-state index contributed by atoms with van der Waals surface area (Å²) in [5, 5.41) is 3.42. The number of nitrogens with zero attached hydrogens (tertiary/aromatic N) is 2. The van der Waals surface area contributed by atoms with Crippen LogP contribution in [0.25, 0.3) is 0 Å². The molecule has 23 heavy (non-hydrogen) atoms. The number of aliphatic imine (C=N–C) groups is 1. The lowest BCUT2D eigenvalue weighted by Crippen LogP contribution is -2.43. The van der Waals surface area contributed by atoms with E-state index in [1.54, 1.807) is 0 Å². The largest absolute Gasteiger partial charge is 0.489 e. The molecule has 0 bridgehead atoms. The van der Waals surface area contributed by atoms with Crippen LogP contribution in [0.3, 0.4) is 0 Å². The molecule has 1 N–H and O–H groups in total. The molecule has 0 amide bonds. The SMILES string of the molecule is CCOCC1CCN(C(=NC)NCC(C)Oc2ccccc2)C1. The standard InChI is InChI=1S/C18H29N3O2/c1-4-22-14-16-10-11-21(13-16)18(19-3)20-12-15(2)23-17-8-6-5-7-9-17/h5-9,15-16H,4,10-14H2,1-3H3,(H,19,20). The van der Waals surface area contributed by atoms with E-state index in [-0.39, 0.29) is 6.10 Å². The normalized spacial score (nSPS) is 19.7. The Labute approximate surface area is 139 Å². The topological polar surface area (TPSA) is 46.1 Å². The fraction of sp³-hybridized carbons (Fsp3) is 0.611. The first-order valence-electron chi connectivity index (χ1n) is 8.48. The van der Waals surface area contributed by atoms with E-state index in [0.29, 0.717) is 5.92 Å². The van der Waals surface area contributed by atoms with Gasteiger partial charge in [0.05, 0.1) is 13.2 Å². The van der Waals surface area contributed by atoms with Crippen molar-refractivity contribution in [3.05, 3.63) is 30.3 Å². The zero-order valence-corrected chi connectivity index (χ0v) is 14.5. The minimum absolute atomic E-state index is 0.0796. The van der Waals surface area contributed by atoms with E-state index in [1.807, 2.05) is 44.3 Å². The Morgan fingerprint density at radius 3 is 2.87 bits per heavy atom. The molecule has 5 heteroatoms. The molecule has 2 rings (SSSR count). The van der Waals surface area contributed by atoms with Crippen molar-refractivity contribution in [3.63, 3.8) is 0 Å². The molecule has 1 aromatic carbocycles. The van der Waals surface area contributed by atoms with Crippen molar-refractivity contribution >= 4 is 5.96 Å². The average molecular weight is 319 g/mol. The molecular weight excluding hydrogens is 290 g/mol. The van der Waals surface area contributed by atoms with Gasteiger partial charge in [-0.2, -0.15) is 0 Å². The van der Waals surface area contributed by atoms with Crippen molar-refractivity contribution in [1.29, 1.82) is 0 Å². The number of rotatable bonds is 7. The highest BCUT2D eigenvalue weighted by atomic mass is 16.5. The first-order chi connectivity index (χ1) is 11.2. The van der Waals surface area contributed by atoms with Gasteiger partial charge < -0.3 is 19.7 Å². The highest BCUT2D eigenvalue weighted by Crippen LogP contribution is 2.16. The van der Waals surface area contributed by atoms with Crippen LogP contribution in [0.1, 0.15) is 20.3 Å². The lowest BCUT2D eigenvalue weighted by atomic mass is 10.1. The number of nitrogens with one attached hydrogen (secondary N) is 1. The maximum atomic E-state index is 5.89. The molecule has 0 aromatic heterocycles. The summed E-state index contributed by atoms with van der Waals surface area (Å²) in [6.07, 6.45) is 1.24. The first-order valence-corrected chi connectivity index (χ1v) is 8.48. The van der Waals surface area contributed by atoms with Crippen LogP contribution in [0.2, 0.25) is 0 Å². The van der Waals surface area contributed by atoms with Gasteiger partial charge in [-0.1, -0.05) is 18.2 Å². The molecule has 0 aliphatic carbocycles. The van der Waals surface area contributed by atoms with E-state index in [0.717, 1.165) is 51.0 Å². The molecule has 0 spiro atoms. The predicted octanol–water partition coefficient (Wildman–Crippen LogP) is 2.39. The van der Waals surface area contributed by atoms with Gasteiger partial charge in [0.1, 0.15) is 11.9 Å². The quantitative estimate of drug-likeness (QED) is 0.619. The summed E-state index contributed by atoms with van der Waals surface area (Å²) in [5.74, 6) is 2.45. The van der Waals surface area contributed by atoms with E-state index >= 15 is 0 Å². The van der Waals surface area contributed by atoms with Crippen molar-refractivity contribution in [1.82, 2.24) is 10.2 Å². The molecule has 1 aromatic rings. The highest BCUT2D eigenvalue weighted by Gasteiger charge is 2.25. The minimum Gasteiger partial charge on any atom is -0.489 e. The molecule has 2 unspecified atom stereocenters. The van der Waals surface area contributed by atoms with Gasteiger partial charge in [-0.15, -0.1) is 0 Å². The van der Waals surface area contributed by atoms with Gasteiger partial charge in [-0.25, -0.2) is 0 Å². The van der Waals surface area contributed by atoms with Crippen molar-refractivity contribution in [2.45, 2.75) is 26.4 Å². The summed E-state index contributed by atoms with van der Waals surface area (Å²) >= 11 is 0. The zero-order chi connectivity index (χ0) is 16.5. The Bertz CT molecular complexity index is 478. The summed E-state index contributed by atoms with van der Waals surface area (Å²) in [4.78, 5) is 6.70. The minimum atomic E-state index is 0.0796. The molecule has 2 atom stereocenters. The molecule has 1 aliphatic heterocycles. The second-order valence-electron chi connectivity index (χ2n) is 5.93. The number of hydrogen-bond donors (Lipinski definition) is 1. The highest BCUT2D eigenvalue weighted by molar-refractivity contribution is 5.80. The summed E-state index contributed by atoms with van der Waals surface area (Å²) in [5.41, 5.74) is 0. The Hall–Kier alpha value is -1.75.